The summed E-state index contributed by atoms with van der Waals surface area (Å²) in [6.07, 6.45) is 3.32. The molecule has 178 valence electrons. The van der Waals surface area contributed by atoms with E-state index in [-0.39, 0.29) is 16.6 Å². The second-order valence-corrected chi connectivity index (χ2v) is 11.1. The van der Waals surface area contributed by atoms with Gasteiger partial charge in [0.15, 0.2) is 0 Å². The zero-order chi connectivity index (χ0) is 23.5. The summed E-state index contributed by atoms with van der Waals surface area (Å²) in [7, 11) is -2.34. The molecule has 9 nitrogen and oxygen atoms in total. The van der Waals surface area contributed by atoms with Crippen molar-refractivity contribution < 1.29 is 27.5 Å². The van der Waals surface area contributed by atoms with E-state index in [1.807, 2.05) is 0 Å². The normalized spacial score (nSPS) is 20.1. The molecule has 0 radical (unpaired) electrons. The number of sulfonamides is 1. The monoisotopic (exact) mass is 467 g/mol. The summed E-state index contributed by atoms with van der Waals surface area (Å²) in [6, 6.07) is 3.88. The van der Waals surface area contributed by atoms with Gasteiger partial charge in [0.05, 0.1) is 7.11 Å². The number of anilines is 1. The average Bonchev–Trinajstić information content (AvgIpc) is 3.23. The lowest BCUT2D eigenvalue weighted by Gasteiger charge is -2.28. The second-order valence-electron chi connectivity index (χ2n) is 9.15. The van der Waals surface area contributed by atoms with E-state index in [0.717, 1.165) is 19.3 Å². The van der Waals surface area contributed by atoms with Crippen LogP contribution in [-0.4, -0.2) is 68.0 Å². The number of rotatable bonds is 5. The number of hydrogen-bond acceptors (Lipinski definition) is 6. The number of likely N-dealkylation sites (tertiary alicyclic amines) is 1. The molecule has 2 heterocycles. The van der Waals surface area contributed by atoms with E-state index in [9.17, 15) is 18.0 Å². The molecule has 1 aromatic carbocycles. The first-order valence-corrected chi connectivity index (χ1v) is 12.5. The molecule has 0 bridgehead atoms. The molecular weight excluding hydrogens is 434 g/mol. The Morgan fingerprint density at radius 3 is 2.38 bits per heavy atom. The Balaban J connectivity index is 1.79. The molecule has 3 rings (SSSR count). The van der Waals surface area contributed by atoms with Crippen molar-refractivity contribution >= 4 is 27.7 Å². The third kappa shape index (κ3) is 5.53. The van der Waals surface area contributed by atoms with Crippen LogP contribution in [0.4, 0.5) is 10.5 Å². The van der Waals surface area contributed by atoms with E-state index < -0.39 is 27.8 Å². The lowest BCUT2D eigenvalue weighted by molar-refractivity contribution is -0.120. The Morgan fingerprint density at radius 1 is 1.06 bits per heavy atom. The van der Waals surface area contributed by atoms with E-state index in [2.05, 4.69) is 5.32 Å². The van der Waals surface area contributed by atoms with Crippen molar-refractivity contribution in [1.29, 1.82) is 0 Å². The Kier molecular flexibility index (Phi) is 7.34. The third-order valence-corrected chi connectivity index (χ3v) is 7.47. The largest absolute Gasteiger partial charge is 0.495 e. The molecule has 2 fully saturated rings. The maximum Gasteiger partial charge on any atom is 0.410 e. The number of nitrogens with one attached hydrogen (secondary N) is 1. The van der Waals surface area contributed by atoms with Gasteiger partial charge in [0.2, 0.25) is 15.9 Å². The molecule has 1 atom stereocenters. The summed E-state index contributed by atoms with van der Waals surface area (Å²) < 4.78 is 38.6. The van der Waals surface area contributed by atoms with E-state index >= 15 is 0 Å². The molecule has 10 heteroatoms. The summed E-state index contributed by atoms with van der Waals surface area (Å²) in [5, 5.41) is 2.77. The van der Waals surface area contributed by atoms with Gasteiger partial charge in [-0.3, -0.25) is 9.69 Å². The molecule has 0 unspecified atom stereocenters. The zero-order valence-corrected chi connectivity index (χ0v) is 20.0. The third-order valence-electron chi connectivity index (χ3n) is 5.55. The van der Waals surface area contributed by atoms with E-state index in [1.165, 1.54) is 28.4 Å². The summed E-state index contributed by atoms with van der Waals surface area (Å²) in [5.41, 5.74) is -0.323. The molecule has 0 aromatic heterocycles. The van der Waals surface area contributed by atoms with Crippen LogP contribution in [0.25, 0.3) is 0 Å². The van der Waals surface area contributed by atoms with Gasteiger partial charge in [-0.1, -0.05) is 6.42 Å². The van der Waals surface area contributed by atoms with Crippen LogP contribution in [0.5, 0.6) is 5.75 Å². The molecule has 2 amide bonds. The van der Waals surface area contributed by atoms with Gasteiger partial charge in [0, 0.05) is 25.3 Å². The van der Waals surface area contributed by atoms with Crippen LogP contribution < -0.4 is 10.1 Å². The number of benzene rings is 1. The number of carbonyl (C=O) groups excluding carboxylic acids is 2. The highest BCUT2D eigenvalue weighted by Crippen LogP contribution is 2.31. The maximum absolute atomic E-state index is 13.2. The van der Waals surface area contributed by atoms with Crippen molar-refractivity contribution in [3.8, 4) is 5.75 Å². The van der Waals surface area contributed by atoms with Crippen LogP contribution >= 0.6 is 0 Å². The number of piperidine rings is 1. The minimum absolute atomic E-state index is 0.0233. The van der Waals surface area contributed by atoms with Gasteiger partial charge in [-0.05, 0) is 64.7 Å². The van der Waals surface area contributed by atoms with Crippen LogP contribution in [0.2, 0.25) is 0 Å². The van der Waals surface area contributed by atoms with Gasteiger partial charge in [-0.2, -0.15) is 4.31 Å². The van der Waals surface area contributed by atoms with Crippen LogP contribution in [0.3, 0.4) is 0 Å². The summed E-state index contributed by atoms with van der Waals surface area (Å²) in [6.45, 7) is 6.70. The number of ether oxygens (including phenoxy) is 2. The van der Waals surface area contributed by atoms with Crippen molar-refractivity contribution in [1.82, 2.24) is 9.21 Å². The van der Waals surface area contributed by atoms with Crippen molar-refractivity contribution in [2.75, 3.05) is 32.1 Å². The Labute approximate surface area is 190 Å². The Hall–Kier alpha value is -2.33. The SMILES string of the molecule is COc1ccc(NC(=O)[C@@H]2CCCN2C(=O)OC(C)(C)C)cc1S(=O)(=O)N1CCCCC1. The van der Waals surface area contributed by atoms with E-state index in [4.69, 9.17) is 9.47 Å². The number of amides is 2. The summed E-state index contributed by atoms with van der Waals surface area (Å²) in [4.78, 5) is 26.9. The smallest absolute Gasteiger partial charge is 0.410 e. The number of hydrogen-bond donors (Lipinski definition) is 1. The molecule has 2 aliphatic rings. The highest BCUT2D eigenvalue weighted by Gasteiger charge is 2.37. The molecule has 0 aliphatic carbocycles. The number of nitrogens with zero attached hydrogens (tertiary/aromatic N) is 2. The first-order chi connectivity index (χ1) is 15.0. The number of methoxy groups -OCH3 is 1. The predicted molar refractivity (Wildman–Crippen MR) is 120 cm³/mol. The van der Waals surface area contributed by atoms with Crippen LogP contribution in [0, 0.1) is 0 Å². The first kappa shape index (κ1) is 24.3. The van der Waals surface area contributed by atoms with E-state index in [1.54, 1.807) is 26.8 Å². The lowest BCUT2D eigenvalue weighted by atomic mass is 10.2. The lowest BCUT2D eigenvalue weighted by Crippen LogP contribution is -2.45. The van der Waals surface area contributed by atoms with Crippen molar-refractivity contribution in [2.24, 2.45) is 0 Å². The summed E-state index contributed by atoms with van der Waals surface area (Å²) in [5.74, 6) is -0.148. The molecule has 32 heavy (non-hydrogen) atoms. The highest BCUT2D eigenvalue weighted by atomic mass is 32.2. The fourth-order valence-electron chi connectivity index (χ4n) is 4.00. The Morgan fingerprint density at radius 2 is 1.75 bits per heavy atom. The predicted octanol–water partition coefficient (Wildman–Crippen LogP) is 3.21. The van der Waals surface area contributed by atoms with Gasteiger partial charge >= 0.3 is 6.09 Å². The van der Waals surface area contributed by atoms with Crippen molar-refractivity contribution in [3.05, 3.63) is 18.2 Å². The van der Waals surface area contributed by atoms with Gasteiger partial charge < -0.3 is 14.8 Å². The van der Waals surface area contributed by atoms with Gasteiger partial charge in [-0.25, -0.2) is 13.2 Å². The van der Waals surface area contributed by atoms with Crippen LogP contribution in [0.1, 0.15) is 52.9 Å². The van der Waals surface area contributed by atoms with Crippen LogP contribution in [-0.2, 0) is 19.6 Å². The molecule has 2 aliphatic heterocycles. The van der Waals surface area contributed by atoms with Crippen molar-refractivity contribution in [3.63, 3.8) is 0 Å². The fraction of sp³-hybridized carbons (Fsp3) is 0.636. The molecular formula is C22H33N3O6S. The molecule has 0 saturated carbocycles. The quantitative estimate of drug-likeness (QED) is 0.713. The molecule has 1 N–H and O–H groups in total. The van der Waals surface area contributed by atoms with Gasteiger partial charge in [-0.15, -0.1) is 0 Å². The minimum Gasteiger partial charge on any atom is -0.495 e. The first-order valence-electron chi connectivity index (χ1n) is 11.0. The van der Waals surface area contributed by atoms with Gasteiger partial charge in [0.25, 0.3) is 0 Å². The zero-order valence-electron chi connectivity index (χ0n) is 19.2. The molecule has 1 aromatic rings. The second kappa shape index (κ2) is 9.66. The summed E-state index contributed by atoms with van der Waals surface area (Å²) >= 11 is 0. The Bertz CT molecular complexity index is 951. The average molecular weight is 468 g/mol. The number of carbonyl (C=O) groups is 2. The maximum atomic E-state index is 13.2. The molecule has 2 saturated heterocycles. The highest BCUT2D eigenvalue weighted by molar-refractivity contribution is 7.89. The molecule has 0 spiro atoms. The van der Waals surface area contributed by atoms with E-state index in [0.29, 0.717) is 38.2 Å². The fourth-order valence-corrected chi connectivity index (χ4v) is 5.70. The van der Waals surface area contributed by atoms with Crippen LogP contribution in [0.15, 0.2) is 23.1 Å². The topological polar surface area (TPSA) is 105 Å². The standard InChI is InChI=1S/C22H33N3O6S/c1-22(2,3)31-21(27)25-14-8-9-17(25)20(26)23-16-10-11-18(30-4)19(15-16)32(28,29)24-12-6-5-7-13-24/h10-11,15,17H,5-9,12-14H2,1-4H3,(H,23,26)/t17-/m0/s1. The minimum atomic E-state index is -3.75. The van der Waals surface area contributed by atoms with Gasteiger partial charge in [0.1, 0.15) is 22.3 Å². The van der Waals surface area contributed by atoms with Crippen molar-refractivity contribution in [2.45, 2.75) is 69.4 Å².